The molecule has 0 aliphatic carbocycles. The number of aryl methyl sites for hydroxylation is 1. The van der Waals surface area contributed by atoms with Gasteiger partial charge in [-0.1, -0.05) is 54.6 Å². The molecule has 0 radical (unpaired) electrons. The van der Waals surface area contributed by atoms with Crippen molar-refractivity contribution in [2.75, 3.05) is 13.2 Å². The number of benzene rings is 3. The second kappa shape index (κ2) is 13.1. The molecule has 0 aliphatic rings. The third kappa shape index (κ3) is 7.68. The van der Waals surface area contributed by atoms with Crippen molar-refractivity contribution in [1.29, 1.82) is 0 Å². The van der Waals surface area contributed by atoms with Gasteiger partial charge in [-0.05, 0) is 54.7 Å². The summed E-state index contributed by atoms with van der Waals surface area (Å²) >= 11 is 0. The van der Waals surface area contributed by atoms with Gasteiger partial charge in [-0.2, -0.15) is 0 Å². The zero-order chi connectivity index (χ0) is 27.7. The lowest BCUT2D eigenvalue weighted by Gasteiger charge is -2.21. The molecule has 1 heterocycles. The van der Waals surface area contributed by atoms with Crippen LogP contribution in [-0.2, 0) is 26.0 Å². The summed E-state index contributed by atoms with van der Waals surface area (Å²) in [4.78, 5) is 27.0. The smallest absolute Gasteiger partial charge is 0.341 e. The van der Waals surface area contributed by atoms with Gasteiger partial charge in [0, 0.05) is 24.5 Å². The van der Waals surface area contributed by atoms with Crippen LogP contribution in [0.2, 0.25) is 0 Å². The van der Waals surface area contributed by atoms with Gasteiger partial charge in [0.1, 0.15) is 5.75 Å². The molecule has 1 atom stereocenters. The molecule has 4 rings (SSSR count). The molecule has 1 aromatic heterocycles. The summed E-state index contributed by atoms with van der Waals surface area (Å²) < 4.78 is 34.5. The molecule has 9 nitrogen and oxygen atoms in total. The fourth-order valence-corrected chi connectivity index (χ4v) is 5.61. The van der Waals surface area contributed by atoms with Gasteiger partial charge in [0.2, 0.25) is 15.9 Å². The van der Waals surface area contributed by atoms with E-state index in [2.05, 4.69) is 27.2 Å². The van der Waals surface area contributed by atoms with Gasteiger partial charge in [-0.15, -0.1) is 0 Å². The molecule has 0 spiro atoms. The van der Waals surface area contributed by atoms with E-state index in [0.29, 0.717) is 28.8 Å². The Morgan fingerprint density at radius 2 is 1.64 bits per heavy atom. The van der Waals surface area contributed by atoms with Gasteiger partial charge >= 0.3 is 5.97 Å². The Bertz CT molecular complexity index is 1500. The predicted molar refractivity (Wildman–Crippen MR) is 148 cm³/mol. The predicted octanol–water partition coefficient (Wildman–Crippen LogP) is 4.18. The number of aliphatic carboxylic acids is 1. The Kier molecular flexibility index (Phi) is 9.35. The number of hydrogen-bond acceptors (Lipinski definition) is 5. The van der Waals surface area contributed by atoms with E-state index in [-0.39, 0.29) is 17.2 Å². The van der Waals surface area contributed by atoms with Crippen molar-refractivity contribution in [3.63, 3.8) is 0 Å². The molecule has 1 amide bonds. The molecule has 4 N–H and O–H groups in total. The van der Waals surface area contributed by atoms with Crippen LogP contribution in [-0.4, -0.2) is 43.5 Å². The number of carboxylic acid groups (broad SMARTS) is 1. The summed E-state index contributed by atoms with van der Waals surface area (Å²) in [5.74, 6) is -1.09. The summed E-state index contributed by atoms with van der Waals surface area (Å²) in [5, 5.41) is 12.5. The Labute approximate surface area is 227 Å². The second-order valence-corrected chi connectivity index (χ2v) is 10.8. The van der Waals surface area contributed by atoms with Crippen LogP contribution in [0.3, 0.4) is 0 Å². The van der Waals surface area contributed by atoms with E-state index >= 15 is 0 Å². The number of amides is 1. The second-order valence-electron chi connectivity index (χ2n) is 9.09. The van der Waals surface area contributed by atoms with Crippen LogP contribution >= 0.6 is 0 Å². The monoisotopic (exact) mass is 549 g/mol. The van der Waals surface area contributed by atoms with Crippen molar-refractivity contribution in [1.82, 2.24) is 15.0 Å². The number of carbonyl (C=O) groups excluding carboxylic acids is 1. The van der Waals surface area contributed by atoms with Gasteiger partial charge in [-0.25, -0.2) is 17.9 Å². The Morgan fingerprint density at radius 1 is 0.923 bits per heavy atom. The number of ether oxygens (including phenoxy) is 1. The van der Waals surface area contributed by atoms with E-state index in [4.69, 9.17) is 9.84 Å². The molecule has 0 fully saturated rings. The lowest BCUT2D eigenvalue weighted by Crippen LogP contribution is -2.34. The third-order valence-corrected chi connectivity index (χ3v) is 7.73. The molecule has 39 heavy (non-hydrogen) atoms. The molecule has 0 saturated heterocycles. The molecule has 4 aromatic rings. The standard InChI is InChI=1S/C29H31N3O6S/c33-27(30-17-8-7-11-21-9-3-1-4-10-21)19-25(32-39(36,37)22-12-5-2-6-13-22)23-14-15-26(38-20-28(34)35)29-24(23)16-18-31-29/h1-6,9-10,12-16,18,25,31-32H,7-8,11,17,19-20H2,(H,30,33)(H,34,35). The first-order valence-electron chi connectivity index (χ1n) is 12.7. The number of H-pyrrole nitrogens is 1. The Hall–Kier alpha value is -4.15. The fraction of sp³-hybridized carbons (Fsp3) is 0.241. The van der Waals surface area contributed by atoms with Gasteiger partial charge in [-0.3, -0.25) is 4.79 Å². The normalized spacial score (nSPS) is 12.2. The number of hydrogen-bond donors (Lipinski definition) is 4. The SMILES string of the molecule is O=C(O)COc1ccc(C(CC(=O)NCCCCc2ccccc2)NS(=O)(=O)c2ccccc2)c2cc[nH]c12. The molecular weight excluding hydrogens is 518 g/mol. The van der Waals surface area contributed by atoms with E-state index in [1.54, 1.807) is 42.6 Å². The van der Waals surface area contributed by atoms with Crippen LogP contribution in [0, 0.1) is 0 Å². The number of carboxylic acids is 1. The third-order valence-electron chi connectivity index (χ3n) is 6.24. The van der Waals surface area contributed by atoms with Crippen molar-refractivity contribution < 1.29 is 27.9 Å². The zero-order valence-electron chi connectivity index (χ0n) is 21.3. The summed E-state index contributed by atoms with van der Waals surface area (Å²) in [5.41, 5.74) is 2.32. The average molecular weight is 550 g/mol. The van der Waals surface area contributed by atoms with Crippen LogP contribution in [0.25, 0.3) is 10.9 Å². The fourth-order valence-electron chi connectivity index (χ4n) is 4.37. The quantitative estimate of drug-likeness (QED) is 0.174. The Morgan fingerprint density at radius 3 is 2.36 bits per heavy atom. The molecular formula is C29H31N3O6S. The maximum atomic E-state index is 13.2. The molecule has 0 bridgehead atoms. The Balaban J connectivity index is 1.50. The van der Waals surface area contributed by atoms with Crippen LogP contribution in [0.5, 0.6) is 5.75 Å². The van der Waals surface area contributed by atoms with Crippen molar-refractivity contribution in [3.8, 4) is 5.75 Å². The van der Waals surface area contributed by atoms with Crippen molar-refractivity contribution >= 4 is 32.8 Å². The first-order valence-corrected chi connectivity index (χ1v) is 14.1. The highest BCUT2D eigenvalue weighted by Crippen LogP contribution is 2.33. The number of rotatable bonds is 14. The van der Waals surface area contributed by atoms with Crippen LogP contribution in [0.4, 0.5) is 0 Å². The number of fused-ring (bicyclic) bond motifs is 1. The summed E-state index contributed by atoms with van der Waals surface area (Å²) in [6, 6.07) is 22.2. The van der Waals surface area contributed by atoms with E-state index in [1.807, 2.05) is 18.2 Å². The molecule has 3 aromatic carbocycles. The highest BCUT2D eigenvalue weighted by Gasteiger charge is 2.26. The summed E-state index contributed by atoms with van der Waals surface area (Å²) in [6.07, 6.45) is 4.14. The van der Waals surface area contributed by atoms with E-state index in [0.717, 1.165) is 19.3 Å². The number of sulfonamides is 1. The maximum Gasteiger partial charge on any atom is 0.341 e. The van der Waals surface area contributed by atoms with E-state index in [9.17, 15) is 18.0 Å². The first-order chi connectivity index (χ1) is 18.8. The molecule has 1 unspecified atom stereocenters. The lowest BCUT2D eigenvalue weighted by atomic mass is 10.00. The minimum Gasteiger partial charge on any atom is -0.480 e. The van der Waals surface area contributed by atoms with Gasteiger partial charge < -0.3 is 20.1 Å². The van der Waals surface area contributed by atoms with Crippen LogP contribution < -0.4 is 14.8 Å². The van der Waals surface area contributed by atoms with Gasteiger partial charge in [0.05, 0.1) is 16.5 Å². The average Bonchev–Trinajstić information content (AvgIpc) is 3.42. The maximum absolute atomic E-state index is 13.2. The van der Waals surface area contributed by atoms with Crippen LogP contribution in [0.1, 0.15) is 36.4 Å². The highest BCUT2D eigenvalue weighted by atomic mass is 32.2. The minimum absolute atomic E-state index is 0.0862. The first kappa shape index (κ1) is 27.9. The van der Waals surface area contributed by atoms with Crippen molar-refractivity contribution in [2.24, 2.45) is 0 Å². The topological polar surface area (TPSA) is 138 Å². The van der Waals surface area contributed by atoms with Crippen molar-refractivity contribution in [2.45, 2.75) is 36.6 Å². The number of carbonyl (C=O) groups is 2. The van der Waals surface area contributed by atoms with E-state index < -0.39 is 28.6 Å². The number of aromatic nitrogens is 1. The van der Waals surface area contributed by atoms with Gasteiger partial charge in [0.15, 0.2) is 6.61 Å². The van der Waals surface area contributed by atoms with E-state index in [1.165, 1.54) is 17.7 Å². The zero-order valence-corrected chi connectivity index (χ0v) is 22.1. The minimum atomic E-state index is -3.95. The molecule has 10 heteroatoms. The number of aromatic amines is 1. The summed E-state index contributed by atoms with van der Waals surface area (Å²) in [7, 11) is -3.95. The van der Waals surface area contributed by atoms with Crippen molar-refractivity contribution in [3.05, 3.63) is 96.2 Å². The van der Waals surface area contributed by atoms with Gasteiger partial charge in [0.25, 0.3) is 0 Å². The summed E-state index contributed by atoms with van der Waals surface area (Å²) in [6.45, 7) is -0.0461. The highest BCUT2D eigenvalue weighted by molar-refractivity contribution is 7.89. The lowest BCUT2D eigenvalue weighted by molar-refractivity contribution is -0.139. The largest absolute Gasteiger partial charge is 0.480 e. The number of nitrogens with one attached hydrogen (secondary N) is 3. The molecule has 0 aliphatic heterocycles. The molecule has 204 valence electrons. The van der Waals surface area contributed by atoms with Crippen LogP contribution in [0.15, 0.2) is 90.0 Å². The molecule has 0 saturated carbocycles. The number of unbranched alkanes of at least 4 members (excludes halogenated alkanes) is 1.